The fourth-order valence-corrected chi connectivity index (χ4v) is 2.90. The second-order valence-electron chi connectivity index (χ2n) is 5.44. The highest BCUT2D eigenvalue weighted by molar-refractivity contribution is 4.85. The monoisotopic (exact) mass is 256 g/mol. The second kappa shape index (κ2) is 9.76. The highest BCUT2D eigenvalue weighted by Gasteiger charge is 2.26. The predicted molar refractivity (Wildman–Crippen MR) is 78.1 cm³/mol. The minimum absolute atomic E-state index is 0.680. The SMILES string of the molecule is CCCNC1CCCCCC1N(C)CCOCC. The van der Waals surface area contributed by atoms with E-state index in [2.05, 4.69) is 31.1 Å². The third-order valence-corrected chi connectivity index (χ3v) is 3.99. The van der Waals surface area contributed by atoms with Crippen LogP contribution < -0.4 is 5.32 Å². The molecule has 0 bridgehead atoms. The molecule has 0 saturated heterocycles. The number of hydrogen-bond donors (Lipinski definition) is 1. The summed E-state index contributed by atoms with van der Waals surface area (Å²) in [7, 11) is 2.26. The molecule has 2 atom stereocenters. The number of nitrogens with one attached hydrogen (secondary N) is 1. The van der Waals surface area contributed by atoms with Gasteiger partial charge in [0.15, 0.2) is 0 Å². The molecule has 0 aromatic rings. The molecule has 3 nitrogen and oxygen atoms in total. The van der Waals surface area contributed by atoms with Crippen LogP contribution in [-0.2, 0) is 4.74 Å². The molecule has 0 aromatic heterocycles. The van der Waals surface area contributed by atoms with Crippen LogP contribution in [0.25, 0.3) is 0 Å². The topological polar surface area (TPSA) is 24.5 Å². The Morgan fingerprint density at radius 3 is 2.67 bits per heavy atom. The molecular weight excluding hydrogens is 224 g/mol. The van der Waals surface area contributed by atoms with E-state index in [1.807, 2.05) is 0 Å². The Bertz CT molecular complexity index is 199. The fourth-order valence-electron chi connectivity index (χ4n) is 2.90. The van der Waals surface area contributed by atoms with Crippen molar-refractivity contribution in [2.24, 2.45) is 0 Å². The summed E-state index contributed by atoms with van der Waals surface area (Å²) >= 11 is 0. The maximum Gasteiger partial charge on any atom is 0.0593 e. The molecule has 108 valence electrons. The first kappa shape index (κ1) is 15.9. The number of rotatable bonds is 8. The van der Waals surface area contributed by atoms with Crippen molar-refractivity contribution in [2.45, 2.75) is 64.5 Å². The Morgan fingerprint density at radius 1 is 1.17 bits per heavy atom. The lowest BCUT2D eigenvalue weighted by molar-refractivity contribution is 0.0947. The van der Waals surface area contributed by atoms with Gasteiger partial charge in [-0.25, -0.2) is 0 Å². The van der Waals surface area contributed by atoms with E-state index in [-0.39, 0.29) is 0 Å². The van der Waals surface area contributed by atoms with Gasteiger partial charge in [-0.05, 0) is 39.8 Å². The molecule has 0 heterocycles. The average Bonchev–Trinajstić information content (AvgIpc) is 2.61. The summed E-state index contributed by atoms with van der Waals surface area (Å²) in [6.07, 6.45) is 8.07. The molecule has 0 aromatic carbocycles. The third-order valence-electron chi connectivity index (χ3n) is 3.99. The van der Waals surface area contributed by atoms with Crippen molar-refractivity contribution in [2.75, 3.05) is 33.4 Å². The van der Waals surface area contributed by atoms with Crippen LogP contribution >= 0.6 is 0 Å². The van der Waals surface area contributed by atoms with Crippen molar-refractivity contribution < 1.29 is 4.74 Å². The van der Waals surface area contributed by atoms with E-state index in [0.29, 0.717) is 12.1 Å². The van der Waals surface area contributed by atoms with Gasteiger partial charge in [0.25, 0.3) is 0 Å². The van der Waals surface area contributed by atoms with Gasteiger partial charge in [-0.2, -0.15) is 0 Å². The van der Waals surface area contributed by atoms with Crippen LogP contribution in [0.4, 0.5) is 0 Å². The number of hydrogen-bond acceptors (Lipinski definition) is 3. The summed E-state index contributed by atoms with van der Waals surface area (Å²) in [4.78, 5) is 2.51. The summed E-state index contributed by atoms with van der Waals surface area (Å²) < 4.78 is 5.48. The summed E-state index contributed by atoms with van der Waals surface area (Å²) in [6.45, 7) is 8.22. The maximum absolute atomic E-state index is 5.48. The van der Waals surface area contributed by atoms with Crippen LogP contribution in [0.5, 0.6) is 0 Å². The molecule has 0 amide bonds. The Kier molecular flexibility index (Phi) is 8.64. The predicted octanol–water partition coefficient (Wildman–Crippen LogP) is 2.66. The first-order valence-electron chi connectivity index (χ1n) is 7.81. The molecule has 1 rings (SSSR count). The van der Waals surface area contributed by atoms with Crippen molar-refractivity contribution in [3.05, 3.63) is 0 Å². The highest BCUT2D eigenvalue weighted by Crippen LogP contribution is 2.21. The van der Waals surface area contributed by atoms with E-state index in [1.54, 1.807) is 0 Å². The Labute approximate surface area is 113 Å². The van der Waals surface area contributed by atoms with Gasteiger partial charge in [0, 0.05) is 25.2 Å². The van der Waals surface area contributed by atoms with Crippen LogP contribution in [0.3, 0.4) is 0 Å². The summed E-state index contributed by atoms with van der Waals surface area (Å²) in [6, 6.07) is 1.37. The largest absolute Gasteiger partial charge is 0.380 e. The minimum Gasteiger partial charge on any atom is -0.380 e. The van der Waals surface area contributed by atoms with Crippen molar-refractivity contribution in [3.63, 3.8) is 0 Å². The van der Waals surface area contributed by atoms with Crippen LogP contribution in [0.15, 0.2) is 0 Å². The fraction of sp³-hybridized carbons (Fsp3) is 1.00. The summed E-state index contributed by atoms with van der Waals surface area (Å²) in [5, 5.41) is 3.75. The minimum atomic E-state index is 0.680. The first-order chi connectivity index (χ1) is 8.79. The highest BCUT2D eigenvalue weighted by atomic mass is 16.5. The molecule has 1 saturated carbocycles. The zero-order valence-corrected chi connectivity index (χ0v) is 12.6. The van der Waals surface area contributed by atoms with Crippen molar-refractivity contribution >= 4 is 0 Å². The molecule has 2 unspecified atom stereocenters. The number of nitrogens with zero attached hydrogens (tertiary/aromatic N) is 1. The van der Waals surface area contributed by atoms with Gasteiger partial charge in [0.05, 0.1) is 6.61 Å². The molecular formula is C15H32N2O. The van der Waals surface area contributed by atoms with Gasteiger partial charge in [0.2, 0.25) is 0 Å². The summed E-state index contributed by atoms with van der Waals surface area (Å²) in [5.74, 6) is 0. The van der Waals surface area contributed by atoms with E-state index in [1.165, 1.54) is 38.5 Å². The van der Waals surface area contributed by atoms with E-state index in [4.69, 9.17) is 4.74 Å². The van der Waals surface area contributed by atoms with Gasteiger partial charge in [-0.1, -0.05) is 26.2 Å². The lowest BCUT2D eigenvalue weighted by Crippen LogP contribution is -2.49. The van der Waals surface area contributed by atoms with Crippen molar-refractivity contribution in [1.29, 1.82) is 0 Å². The molecule has 1 fully saturated rings. The van der Waals surface area contributed by atoms with Crippen LogP contribution in [0.2, 0.25) is 0 Å². The van der Waals surface area contributed by atoms with Gasteiger partial charge >= 0.3 is 0 Å². The smallest absolute Gasteiger partial charge is 0.0593 e. The molecule has 1 N–H and O–H groups in total. The second-order valence-corrected chi connectivity index (χ2v) is 5.44. The quantitative estimate of drug-likeness (QED) is 0.534. The van der Waals surface area contributed by atoms with E-state index >= 15 is 0 Å². The lowest BCUT2D eigenvalue weighted by atomic mass is 10.0. The summed E-state index contributed by atoms with van der Waals surface area (Å²) in [5.41, 5.74) is 0. The van der Waals surface area contributed by atoms with Crippen LogP contribution in [-0.4, -0.2) is 50.3 Å². The molecule has 0 radical (unpaired) electrons. The van der Waals surface area contributed by atoms with Crippen molar-refractivity contribution in [1.82, 2.24) is 10.2 Å². The standard InChI is InChI=1S/C15H32N2O/c1-4-11-16-14-9-7-6-8-10-15(14)17(3)12-13-18-5-2/h14-16H,4-13H2,1-3H3. The average molecular weight is 256 g/mol. The molecule has 3 heteroatoms. The molecule has 18 heavy (non-hydrogen) atoms. The zero-order valence-electron chi connectivity index (χ0n) is 12.6. The lowest BCUT2D eigenvalue weighted by Gasteiger charge is -2.34. The number of ether oxygens (including phenoxy) is 1. The van der Waals surface area contributed by atoms with Gasteiger partial charge in [-0.15, -0.1) is 0 Å². The van der Waals surface area contributed by atoms with Crippen molar-refractivity contribution in [3.8, 4) is 0 Å². The molecule has 0 spiro atoms. The Morgan fingerprint density at radius 2 is 1.94 bits per heavy atom. The van der Waals surface area contributed by atoms with Gasteiger partial charge in [0.1, 0.15) is 0 Å². The number of likely N-dealkylation sites (N-methyl/N-ethyl adjacent to an activating group) is 1. The zero-order chi connectivity index (χ0) is 13.2. The van der Waals surface area contributed by atoms with Crippen LogP contribution in [0.1, 0.15) is 52.4 Å². The van der Waals surface area contributed by atoms with Crippen LogP contribution in [0, 0.1) is 0 Å². The van der Waals surface area contributed by atoms with Gasteiger partial charge < -0.3 is 10.1 Å². The first-order valence-corrected chi connectivity index (χ1v) is 7.81. The van der Waals surface area contributed by atoms with E-state index < -0.39 is 0 Å². The maximum atomic E-state index is 5.48. The molecule has 1 aliphatic rings. The normalized spacial score (nSPS) is 25.3. The van der Waals surface area contributed by atoms with E-state index in [0.717, 1.165) is 26.3 Å². The molecule has 0 aliphatic heterocycles. The molecule has 1 aliphatic carbocycles. The third kappa shape index (κ3) is 5.68. The Hall–Kier alpha value is -0.120. The van der Waals surface area contributed by atoms with E-state index in [9.17, 15) is 0 Å². The Balaban J connectivity index is 2.43. The van der Waals surface area contributed by atoms with Gasteiger partial charge in [-0.3, -0.25) is 4.90 Å².